The van der Waals surface area contributed by atoms with Crippen LogP contribution in [0.4, 0.5) is 5.69 Å². The molecule has 0 saturated heterocycles. The van der Waals surface area contributed by atoms with Gasteiger partial charge in [-0.2, -0.15) is 16.9 Å². The second kappa shape index (κ2) is 7.49. The molecule has 1 aromatic heterocycles. The van der Waals surface area contributed by atoms with E-state index < -0.39 is 6.04 Å². The molecule has 2 rings (SSSR count). The van der Waals surface area contributed by atoms with E-state index in [1.54, 1.807) is 53.1 Å². The number of halogens is 1. The summed E-state index contributed by atoms with van der Waals surface area (Å²) < 4.78 is 1.62. The number of thioether (sulfide) groups is 1. The number of nitrogens with zero attached hydrogens (tertiary/aromatic N) is 2. The Labute approximate surface area is 132 Å². The van der Waals surface area contributed by atoms with Crippen LogP contribution in [0.5, 0.6) is 0 Å². The summed E-state index contributed by atoms with van der Waals surface area (Å²) >= 11 is 7.88. The van der Waals surface area contributed by atoms with Gasteiger partial charge in [-0.25, -0.2) is 4.68 Å². The highest BCUT2D eigenvalue weighted by Gasteiger charge is 2.16. The van der Waals surface area contributed by atoms with Crippen molar-refractivity contribution in [3.05, 3.63) is 41.7 Å². The first-order valence-electron chi connectivity index (χ1n) is 6.47. The number of carbonyl (C=O) groups excluding carboxylic acids is 1. The third-order valence-electron chi connectivity index (χ3n) is 2.95. The molecule has 0 aliphatic heterocycles. The standard InChI is InChI=1S/C14H17ClN4OS/c1-21-9-6-11(16)14(20)18-12-5-2-4-10(15)13(12)19-8-3-7-17-19/h2-5,7-8,11H,6,9,16H2,1H3,(H,18,20)/t11-/m1/s1. The predicted octanol–water partition coefficient (Wildman–Crippen LogP) is 2.54. The van der Waals surface area contributed by atoms with Gasteiger partial charge in [0.1, 0.15) is 5.69 Å². The minimum Gasteiger partial charge on any atom is -0.323 e. The molecule has 7 heteroatoms. The largest absolute Gasteiger partial charge is 0.323 e. The van der Waals surface area contributed by atoms with Crippen LogP contribution in [0, 0.1) is 0 Å². The second-order valence-electron chi connectivity index (χ2n) is 4.46. The fourth-order valence-corrected chi connectivity index (χ4v) is 2.60. The first kappa shape index (κ1) is 15.9. The third-order valence-corrected chi connectivity index (χ3v) is 3.90. The highest BCUT2D eigenvalue weighted by molar-refractivity contribution is 7.98. The minimum atomic E-state index is -0.540. The fourth-order valence-electron chi connectivity index (χ4n) is 1.85. The van der Waals surface area contributed by atoms with Gasteiger partial charge in [-0.1, -0.05) is 17.7 Å². The maximum absolute atomic E-state index is 12.1. The Morgan fingerprint density at radius 3 is 3.00 bits per heavy atom. The molecule has 1 aromatic carbocycles. The van der Waals surface area contributed by atoms with Gasteiger partial charge in [-0.15, -0.1) is 0 Å². The summed E-state index contributed by atoms with van der Waals surface area (Å²) in [5.74, 6) is 0.621. The summed E-state index contributed by atoms with van der Waals surface area (Å²) in [5.41, 5.74) is 7.10. The van der Waals surface area contributed by atoms with Crippen molar-refractivity contribution in [3.63, 3.8) is 0 Å². The first-order chi connectivity index (χ1) is 10.1. The summed E-state index contributed by atoms with van der Waals surface area (Å²) in [4.78, 5) is 12.1. The van der Waals surface area contributed by atoms with E-state index in [-0.39, 0.29) is 5.91 Å². The molecule has 0 radical (unpaired) electrons. The van der Waals surface area contributed by atoms with Crippen LogP contribution in [-0.2, 0) is 4.79 Å². The van der Waals surface area contributed by atoms with Crippen LogP contribution in [0.2, 0.25) is 5.02 Å². The van der Waals surface area contributed by atoms with Gasteiger partial charge in [0.2, 0.25) is 5.91 Å². The Balaban J connectivity index is 2.21. The summed E-state index contributed by atoms with van der Waals surface area (Å²) in [5, 5.41) is 7.49. The van der Waals surface area contributed by atoms with Crippen molar-refractivity contribution in [1.29, 1.82) is 0 Å². The lowest BCUT2D eigenvalue weighted by atomic mass is 10.2. The average Bonchev–Trinajstić information content (AvgIpc) is 2.98. The molecule has 112 valence electrons. The number of benzene rings is 1. The van der Waals surface area contributed by atoms with Gasteiger partial charge in [-0.05, 0) is 36.6 Å². The Hall–Kier alpha value is -1.50. The summed E-state index contributed by atoms with van der Waals surface area (Å²) in [6.07, 6.45) is 6.03. The molecule has 3 N–H and O–H groups in total. The molecule has 0 spiro atoms. The van der Waals surface area contributed by atoms with E-state index in [0.29, 0.717) is 22.8 Å². The van der Waals surface area contributed by atoms with Gasteiger partial charge in [0.15, 0.2) is 0 Å². The Morgan fingerprint density at radius 2 is 2.33 bits per heavy atom. The Bertz CT molecular complexity index is 603. The van der Waals surface area contributed by atoms with Crippen molar-refractivity contribution in [2.45, 2.75) is 12.5 Å². The van der Waals surface area contributed by atoms with Crippen LogP contribution in [0.3, 0.4) is 0 Å². The molecule has 1 atom stereocenters. The maximum atomic E-state index is 12.1. The van der Waals surface area contributed by atoms with E-state index in [1.807, 2.05) is 6.26 Å². The fraction of sp³-hybridized carbons (Fsp3) is 0.286. The number of para-hydroxylation sites is 1. The summed E-state index contributed by atoms with van der Waals surface area (Å²) in [7, 11) is 0. The first-order valence-corrected chi connectivity index (χ1v) is 8.24. The van der Waals surface area contributed by atoms with Gasteiger partial charge in [0, 0.05) is 12.4 Å². The SMILES string of the molecule is CSCC[C@@H](N)C(=O)Nc1cccc(Cl)c1-n1cccn1. The number of hydrogen-bond donors (Lipinski definition) is 2. The lowest BCUT2D eigenvalue weighted by Gasteiger charge is -2.15. The van der Waals surface area contributed by atoms with Gasteiger partial charge in [-0.3, -0.25) is 4.79 Å². The zero-order valence-corrected chi connectivity index (χ0v) is 13.2. The van der Waals surface area contributed by atoms with Gasteiger partial charge in [0.25, 0.3) is 0 Å². The van der Waals surface area contributed by atoms with Crippen LogP contribution in [0.1, 0.15) is 6.42 Å². The molecule has 0 aliphatic rings. The number of anilines is 1. The summed E-state index contributed by atoms with van der Waals surface area (Å²) in [6.45, 7) is 0. The normalized spacial score (nSPS) is 12.1. The van der Waals surface area contributed by atoms with Crippen molar-refractivity contribution >= 4 is 35.0 Å². The minimum absolute atomic E-state index is 0.222. The van der Waals surface area contributed by atoms with Crippen LogP contribution >= 0.6 is 23.4 Å². The average molecular weight is 325 g/mol. The highest BCUT2D eigenvalue weighted by Crippen LogP contribution is 2.28. The van der Waals surface area contributed by atoms with E-state index in [1.165, 1.54) is 0 Å². The molecule has 2 aromatic rings. The van der Waals surface area contributed by atoms with Crippen LogP contribution in [0.15, 0.2) is 36.7 Å². The number of amides is 1. The van der Waals surface area contributed by atoms with Crippen molar-refractivity contribution in [3.8, 4) is 5.69 Å². The van der Waals surface area contributed by atoms with Crippen molar-refractivity contribution < 1.29 is 4.79 Å². The number of hydrogen-bond acceptors (Lipinski definition) is 4. The lowest BCUT2D eigenvalue weighted by molar-refractivity contribution is -0.117. The molecule has 5 nitrogen and oxygen atoms in total. The zero-order valence-electron chi connectivity index (χ0n) is 11.6. The van der Waals surface area contributed by atoms with Crippen molar-refractivity contribution in [2.24, 2.45) is 5.73 Å². The number of rotatable bonds is 6. The van der Waals surface area contributed by atoms with E-state index >= 15 is 0 Å². The molecular formula is C14H17ClN4OS. The number of nitrogens with two attached hydrogens (primary N) is 1. The maximum Gasteiger partial charge on any atom is 0.241 e. The predicted molar refractivity (Wildman–Crippen MR) is 88.2 cm³/mol. The smallest absolute Gasteiger partial charge is 0.241 e. The quantitative estimate of drug-likeness (QED) is 0.856. The van der Waals surface area contributed by atoms with E-state index in [9.17, 15) is 4.79 Å². The number of aromatic nitrogens is 2. The van der Waals surface area contributed by atoms with E-state index in [2.05, 4.69) is 10.4 Å². The zero-order chi connectivity index (χ0) is 15.2. The van der Waals surface area contributed by atoms with Gasteiger partial charge >= 0.3 is 0 Å². The lowest BCUT2D eigenvalue weighted by Crippen LogP contribution is -2.36. The number of nitrogens with one attached hydrogen (secondary N) is 1. The molecular weight excluding hydrogens is 308 g/mol. The third kappa shape index (κ3) is 4.00. The monoisotopic (exact) mass is 324 g/mol. The second-order valence-corrected chi connectivity index (χ2v) is 5.86. The molecule has 0 unspecified atom stereocenters. The van der Waals surface area contributed by atoms with Crippen molar-refractivity contribution in [1.82, 2.24) is 9.78 Å². The van der Waals surface area contributed by atoms with Crippen LogP contribution in [0.25, 0.3) is 5.69 Å². The van der Waals surface area contributed by atoms with Gasteiger partial charge < -0.3 is 11.1 Å². The van der Waals surface area contributed by atoms with Gasteiger partial charge in [0.05, 0.1) is 16.8 Å². The molecule has 0 saturated carbocycles. The molecule has 0 fully saturated rings. The van der Waals surface area contributed by atoms with Crippen molar-refractivity contribution in [2.75, 3.05) is 17.3 Å². The number of carbonyl (C=O) groups is 1. The molecule has 0 bridgehead atoms. The Morgan fingerprint density at radius 1 is 1.52 bits per heavy atom. The van der Waals surface area contributed by atoms with E-state index in [4.69, 9.17) is 17.3 Å². The molecule has 1 amide bonds. The summed E-state index contributed by atoms with van der Waals surface area (Å²) in [6, 6.07) is 6.56. The van der Waals surface area contributed by atoms with Crippen LogP contribution < -0.4 is 11.1 Å². The molecule has 0 aliphatic carbocycles. The topological polar surface area (TPSA) is 72.9 Å². The highest BCUT2D eigenvalue weighted by atomic mass is 35.5. The van der Waals surface area contributed by atoms with Crippen LogP contribution in [-0.4, -0.2) is 33.7 Å². The Kier molecular flexibility index (Phi) is 5.67. The molecule has 1 heterocycles. The molecule has 21 heavy (non-hydrogen) atoms. The van der Waals surface area contributed by atoms with E-state index in [0.717, 1.165) is 5.75 Å².